The van der Waals surface area contributed by atoms with Crippen molar-refractivity contribution in [2.45, 2.75) is 0 Å². The average Bonchev–Trinajstić information content (AvgIpc) is 0.811. The summed E-state index contributed by atoms with van der Waals surface area (Å²) in [6.45, 7) is 0. The molecule has 0 amide bonds. The van der Waals surface area contributed by atoms with Gasteiger partial charge in [0.2, 0.25) is 0 Å². The molecule has 0 aromatic heterocycles. The van der Waals surface area contributed by atoms with Gasteiger partial charge in [-0.3, -0.25) is 0 Å². The molecule has 0 spiro atoms. The van der Waals surface area contributed by atoms with Crippen molar-refractivity contribution in [3.63, 3.8) is 0 Å². The van der Waals surface area contributed by atoms with Gasteiger partial charge in [0.25, 0.3) is 0 Å². The first-order valence-corrected chi connectivity index (χ1v) is 2.94. The summed E-state index contributed by atoms with van der Waals surface area (Å²) in [6.07, 6.45) is 0. The minimum atomic E-state index is -3.69. The summed E-state index contributed by atoms with van der Waals surface area (Å²) in [5.74, 6) is 0. The molecule has 3 nitrogen and oxygen atoms in total. The molecule has 0 aliphatic rings. The fourth-order valence-electron chi connectivity index (χ4n) is 0. The van der Waals surface area contributed by atoms with E-state index in [0.29, 0.717) is 0 Å². The summed E-state index contributed by atoms with van der Waals surface area (Å²) in [4.78, 5) is 0. The molecule has 0 heterocycles. The average molecular weight is 170 g/mol. The molecule has 0 aliphatic carbocycles. The predicted octanol–water partition coefficient (Wildman–Crippen LogP) is -9.31. The summed E-state index contributed by atoms with van der Waals surface area (Å²) in [5, 5.41) is 0. The van der Waals surface area contributed by atoms with Crippen LogP contribution in [0.1, 0.15) is 0 Å². The van der Waals surface area contributed by atoms with Crippen LogP contribution in [0.2, 0.25) is 0 Å². The number of hydrogen-bond donors (Lipinski definition) is 1. The summed E-state index contributed by atoms with van der Waals surface area (Å²) in [6, 6.07) is 0. The van der Waals surface area contributed by atoms with Gasteiger partial charge in [-0.25, -0.2) is 0 Å². The second-order valence-electron chi connectivity index (χ2n) is 0.238. The quantitative estimate of drug-likeness (QED) is 0.367. The maximum absolute atomic E-state index is 8.67. The molecule has 0 atom stereocenters. The summed E-state index contributed by atoms with van der Waals surface area (Å²) >= 11 is -3.69. The van der Waals surface area contributed by atoms with Crippen LogP contribution in [-0.2, 0) is 0 Å². The van der Waals surface area contributed by atoms with E-state index in [1.165, 1.54) is 0 Å². The Kier molecular flexibility index (Phi) is 27.4. The van der Waals surface area contributed by atoms with Crippen LogP contribution >= 0.6 is 0 Å². The van der Waals surface area contributed by atoms with Crippen LogP contribution in [0.25, 0.3) is 0 Å². The Bertz CT molecular complexity index is 13.5. The molecule has 26 valence electrons. The molecule has 0 saturated heterocycles. The molecule has 6 heavy (non-hydrogen) atoms. The fourth-order valence-corrected chi connectivity index (χ4v) is 0. The second-order valence-corrected chi connectivity index (χ2v) is 1.24. The standard InChI is InChI=1S/AsHO3.2Na/c2-1(3)4;;/h2H;;/q-2;2*+1. The van der Waals surface area contributed by atoms with Crippen molar-refractivity contribution in [1.82, 2.24) is 0 Å². The third-order valence-electron chi connectivity index (χ3n) is 0. The van der Waals surface area contributed by atoms with Gasteiger partial charge in [-0.1, -0.05) is 0 Å². The van der Waals surface area contributed by atoms with E-state index in [9.17, 15) is 0 Å². The van der Waals surface area contributed by atoms with Gasteiger partial charge in [0, 0.05) is 0 Å². The van der Waals surface area contributed by atoms with Crippen molar-refractivity contribution < 1.29 is 71.4 Å². The van der Waals surface area contributed by atoms with Crippen LogP contribution in [0.3, 0.4) is 0 Å². The van der Waals surface area contributed by atoms with Crippen molar-refractivity contribution >= 4 is 15.7 Å². The molecular formula is HAsNa2O3. The van der Waals surface area contributed by atoms with Gasteiger partial charge in [-0.2, -0.15) is 0 Å². The Labute approximate surface area is 85.7 Å². The summed E-state index contributed by atoms with van der Waals surface area (Å²) < 4.78 is 24.4. The van der Waals surface area contributed by atoms with Crippen LogP contribution in [0, 0.1) is 0 Å². The van der Waals surface area contributed by atoms with E-state index in [1.807, 2.05) is 0 Å². The van der Waals surface area contributed by atoms with Gasteiger partial charge in [0.1, 0.15) is 0 Å². The predicted molar refractivity (Wildman–Crippen MR) is 7.97 cm³/mol. The van der Waals surface area contributed by atoms with Crippen LogP contribution in [-0.4, -0.2) is 19.8 Å². The fraction of sp³-hybridized carbons (Fsp3) is 0. The van der Waals surface area contributed by atoms with Crippen LogP contribution in [0.5, 0.6) is 0 Å². The Hall–Kier alpha value is 2.44. The van der Waals surface area contributed by atoms with Gasteiger partial charge in [-0.05, 0) is 0 Å². The molecule has 0 aromatic carbocycles. The van der Waals surface area contributed by atoms with Crippen molar-refractivity contribution in [3.8, 4) is 0 Å². The van der Waals surface area contributed by atoms with E-state index in [4.69, 9.17) is 12.3 Å². The maximum atomic E-state index is 8.67. The summed E-state index contributed by atoms with van der Waals surface area (Å²) in [5.41, 5.74) is 0. The molecule has 0 unspecified atom stereocenters. The van der Waals surface area contributed by atoms with Gasteiger partial charge < -0.3 is 0 Å². The van der Waals surface area contributed by atoms with Gasteiger partial charge in [-0.15, -0.1) is 0 Å². The van der Waals surface area contributed by atoms with E-state index in [1.54, 1.807) is 0 Å². The molecule has 0 fully saturated rings. The van der Waals surface area contributed by atoms with Crippen molar-refractivity contribution in [1.29, 1.82) is 0 Å². The molecule has 0 aliphatic heterocycles. The number of hydrogen-bond acceptors (Lipinski definition) is 3. The Morgan fingerprint density at radius 2 is 1.17 bits per heavy atom. The zero-order valence-electron chi connectivity index (χ0n) is 3.71. The van der Waals surface area contributed by atoms with Crippen LogP contribution in [0.15, 0.2) is 0 Å². The zero-order valence-corrected chi connectivity index (χ0v) is 9.59. The molecule has 0 aromatic rings. The van der Waals surface area contributed by atoms with E-state index >= 15 is 0 Å². The van der Waals surface area contributed by atoms with E-state index in [0.717, 1.165) is 0 Å². The SMILES string of the molecule is [Na+].[Na+].[O-][As]([O-])O. The van der Waals surface area contributed by atoms with Crippen LogP contribution < -0.4 is 67.3 Å². The molecule has 1 N–H and O–H groups in total. The Balaban J connectivity index is -0.0000000450. The minimum absolute atomic E-state index is 0. The molecule has 0 rings (SSSR count). The normalized spacial score (nSPS) is 6.00. The van der Waals surface area contributed by atoms with Gasteiger partial charge in [0.05, 0.1) is 0 Å². The third-order valence-corrected chi connectivity index (χ3v) is 0. The first kappa shape index (κ1) is 15.8. The van der Waals surface area contributed by atoms with E-state index < -0.39 is 15.7 Å². The first-order valence-electron chi connectivity index (χ1n) is 0.565. The molecule has 6 heteroatoms. The Morgan fingerprint density at radius 3 is 1.17 bits per heavy atom. The van der Waals surface area contributed by atoms with E-state index in [2.05, 4.69) is 0 Å². The molecule has 0 bridgehead atoms. The van der Waals surface area contributed by atoms with Gasteiger partial charge >= 0.3 is 87.1 Å². The Morgan fingerprint density at radius 1 is 1.17 bits per heavy atom. The van der Waals surface area contributed by atoms with Crippen molar-refractivity contribution in [2.75, 3.05) is 0 Å². The van der Waals surface area contributed by atoms with E-state index in [-0.39, 0.29) is 59.1 Å². The monoisotopic (exact) mass is 170 g/mol. The zero-order chi connectivity index (χ0) is 3.58. The second kappa shape index (κ2) is 10.4. The summed E-state index contributed by atoms with van der Waals surface area (Å²) in [7, 11) is 0. The van der Waals surface area contributed by atoms with Crippen molar-refractivity contribution in [2.24, 2.45) is 0 Å². The third kappa shape index (κ3) is 32.0. The molecule has 0 saturated carbocycles. The topological polar surface area (TPSA) is 66.3 Å². The number of rotatable bonds is 0. The van der Waals surface area contributed by atoms with Crippen LogP contribution in [0.4, 0.5) is 0 Å². The van der Waals surface area contributed by atoms with Crippen molar-refractivity contribution in [3.05, 3.63) is 0 Å². The first-order chi connectivity index (χ1) is 1.73. The molecule has 0 radical (unpaired) electrons. The molecular weight excluding hydrogens is 169 g/mol. The van der Waals surface area contributed by atoms with Gasteiger partial charge in [0.15, 0.2) is 0 Å².